The first kappa shape index (κ1) is 17.8. The fourth-order valence-electron chi connectivity index (χ4n) is 1.54. The Morgan fingerprint density at radius 1 is 1.29 bits per heavy atom. The molecule has 0 fully saturated rings. The standard InChI is InChI=1S/C13H24N4O3S/c1-5-14-12-15-8-11(9-16-12)21(18,19)17-10-13(2,3)6-7-20-4/h8-9,17H,5-7,10H2,1-4H3,(H,14,15,16). The molecule has 2 N–H and O–H groups in total. The lowest BCUT2D eigenvalue weighted by atomic mass is 9.90. The summed E-state index contributed by atoms with van der Waals surface area (Å²) < 4.78 is 32.0. The Kier molecular flexibility index (Phi) is 6.50. The summed E-state index contributed by atoms with van der Waals surface area (Å²) in [6.45, 7) is 7.48. The minimum absolute atomic E-state index is 0.0618. The second-order valence-corrected chi connectivity index (χ2v) is 7.27. The highest BCUT2D eigenvalue weighted by Crippen LogP contribution is 2.20. The van der Waals surface area contributed by atoms with Crippen molar-refractivity contribution >= 4 is 16.0 Å². The maximum atomic E-state index is 12.2. The zero-order valence-corrected chi connectivity index (χ0v) is 13.8. The van der Waals surface area contributed by atoms with Crippen LogP contribution in [0.25, 0.3) is 0 Å². The molecule has 0 aliphatic rings. The summed E-state index contributed by atoms with van der Waals surface area (Å²) in [5, 5.41) is 2.91. The van der Waals surface area contributed by atoms with Crippen LogP contribution in [0.5, 0.6) is 0 Å². The summed E-state index contributed by atoms with van der Waals surface area (Å²) >= 11 is 0. The van der Waals surface area contributed by atoms with Crippen LogP contribution in [0, 0.1) is 5.41 Å². The summed E-state index contributed by atoms with van der Waals surface area (Å²) in [6, 6.07) is 0. The second kappa shape index (κ2) is 7.67. The van der Waals surface area contributed by atoms with Crippen molar-refractivity contribution in [2.24, 2.45) is 5.41 Å². The number of sulfonamides is 1. The lowest BCUT2D eigenvalue weighted by Crippen LogP contribution is -2.34. The largest absolute Gasteiger partial charge is 0.385 e. The van der Waals surface area contributed by atoms with E-state index in [9.17, 15) is 8.42 Å². The van der Waals surface area contributed by atoms with Gasteiger partial charge >= 0.3 is 0 Å². The van der Waals surface area contributed by atoms with Gasteiger partial charge in [-0.15, -0.1) is 0 Å². The molecule has 1 rings (SSSR count). The normalized spacial score (nSPS) is 12.4. The predicted octanol–water partition coefficient (Wildman–Crippen LogP) is 1.25. The number of rotatable bonds is 9. The van der Waals surface area contributed by atoms with E-state index in [0.717, 1.165) is 6.42 Å². The van der Waals surface area contributed by atoms with Crippen molar-refractivity contribution in [3.05, 3.63) is 12.4 Å². The van der Waals surface area contributed by atoms with Crippen LogP contribution in [0.4, 0.5) is 5.95 Å². The molecular weight excluding hydrogens is 292 g/mol. The van der Waals surface area contributed by atoms with Gasteiger partial charge < -0.3 is 10.1 Å². The first-order valence-corrected chi connectivity index (χ1v) is 8.33. The van der Waals surface area contributed by atoms with Gasteiger partial charge in [0, 0.05) is 26.8 Å². The molecule has 1 heterocycles. The van der Waals surface area contributed by atoms with Gasteiger partial charge in [0.1, 0.15) is 4.90 Å². The predicted molar refractivity (Wildman–Crippen MR) is 81.7 cm³/mol. The molecule has 0 radical (unpaired) electrons. The first-order valence-electron chi connectivity index (χ1n) is 6.85. The van der Waals surface area contributed by atoms with Crippen molar-refractivity contribution in [2.75, 3.05) is 32.1 Å². The van der Waals surface area contributed by atoms with Crippen molar-refractivity contribution in [1.82, 2.24) is 14.7 Å². The highest BCUT2D eigenvalue weighted by molar-refractivity contribution is 7.89. The molecular formula is C13H24N4O3S. The zero-order chi connectivity index (χ0) is 15.9. The third-order valence-electron chi connectivity index (χ3n) is 3.00. The van der Waals surface area contributed by atoms with Gasteiger partial charge in [0.15, 0.2) is 0 Å². The van der Waals surface area contributed by atoms with E-state index in [1.165, 1.54) is 12.4 Å². The van der Waals surface area contributed by atoms with Crippen LogP contribution in [0.3, 0.4) is 0 Å². The van der Waals surface area contributed by atoms with Crippen LogP contribution >= 0.6 is 0 Å². The molecule has 1 aromatic heterocycles. The van der Waals surface area contributed by atoms with Crippen LogP contribution in [0.2, 0.25) is 0 Å². The number of ether oxygens (including phenoxy) is 1. The highest BCUT2D eigenvalue weighted by atomic mass is 32.2. The minimum atomic E-state index is -3.59. The number of nitrogens with one attached hydrogen (secondary N) is 2. The zero-order valence-electron chi connectivity index (χ0n) is 13.0. The van der Waals surface area contributed by atoms with Gasteiger partial charge in [0.25, 0.3) is 0 Å². The van der Waals surface area contributed by atoms with Gasteiger partial charge in [-0.2, -0.15) is 0 Å². The van der Waals surface area contributed by atoms with Crippen LogP contribution in [0.1, 0.15) is 27.2 Å². The van der Waals surface area contributed by atoms with E-state index in [0.29, 0.717) is 25.6 Å². The molecule has 0 spiro atoms. The van der Waals surface area contributed by atoms with E-state index in [1.807, 2.05) is 20.8 Å². The SMILES string of the molecule is CCNc1ncc(S(=O)(=O)NCC(C)(C)CCOC)cn1. The average molecular weight is 316 g/mol. The third kappa shape index (κ3) is 5.94. The van der Waals surface area contributed by atoms with Crippen molar-refractivity contribution in [2.45, 2.75) is 32.1 Å². The number of anilines is 1. The van der Waals surface area contributed by atoms with Crippen LogP contribution in [-0.2, 0) is 14.8 Å². The molecule has 0 atom stereocenters. The molecule has 8 heteroatoms. The fourth-order valence-corrected chi connectivity index (χ4v) is 2.68. The smallest absolute Gasteiger partial charge is 0.243 e. The van der Waals surface area contributed by atoms with Crippen molar-refractivity contribution < 1.29 is 13.2 Å². The Hall–Kier alpha value is -1.25. The van der Waals surface area contributed by atoms with E-state index >= 15 is 0 Å². The summed E-state index contributed by atoms with van der Waals surface area (Å²) in [5.41, 5.74) is -0.187. The van der Waals surface area contributed by atoms with E-state index in [1.54, 1.807) is 7.11 Å². The third-order valence-corrected chi connectivity index (χ3v) is 4.35. The Morgan fingerprint density at radius 2 is 1.90 bits per heavy atom. The maximum Gasteiger partial charge on any atom is 0.243 e. The topological polar surface area (TPSA) is 93.2 Å². The van der Waals surface area contributed by atoms with E-state index in [2.05, 4.69) is 20.0 Å². The molecule has 1 aromatic rings. The minimum Gasteiger partial charge on any atom is -0.385 e. The fraction of sp³-hybridized carbons (Fsp3) is 0.692. The van der Waals surface area contributed by atoms with Gasteiger partial charge in [-0.1, -0.05) is 13.8 Å². The molecule has 0 saturated heterocycles. The number of hydrogen-bond acceptors (Lipinski definition) is 6. The Balaban J connectivity index is 2.68. The summed E-state index contributed by atoms with van der Waals surface area (Å²) in [4.78, 5) is 8.00. The molecule has 21 heavy (non-hydrogen) atoms. The van der Waals surface area contributed by atoms with Gasteiger partial charge in [-0.25, -0.2) is 23.1 Å². The summed E-state index contributed by atoms with van der Waals surface area (Å²) in [6.07, 6.45) is 3.37. The molecule has 0 aromatic carbocycles. The van der Waals surface area contributed by atoms with Crippen molar-refractivity contribution in [1.29, 1.82) is 0 Å². The Labute approximate surface area is 126 Å². The van der Waals surface area contributed by atoms with Gasteiger partial charge in [-0.3, -0.25) is 0 Å². The Morgan fingerprint density at radius 3 is 2.43 bits per heavy atom. The van der Waals surface area contributed by atoms with Crippen LogP contribution in [-0.4, -0.2) is 45.2 Å². The molecule has 0 aliphatic heterocycles. The van der Waals surface area contributed by atoms with Crippen molar-refractivity contribution in [3.63, 3.8) is 0 Å². The lowest BCUT2D eigenvalue weighted by molar-refractivity contribution is 0.153. The Bertz CT molecular complexity index is 529. The molecule has 0 amide bonds. The maximum absolute atomic E-state index is 12.2. The van der Waals surface area contributed by atoms with Crippen molar-refractivity contribution in [3.8, 4) is 0 Å². The number of methoxy groups -OCH3 is 1. The van der Waals surface area contributed by atoms with Gasteiger partial charge in [0.2, 0.25) is 16.0 Å². The second-order valence-electron chi connectivity index (χ2n) is 5.50. The molecule has 0 bridgehead atoms. The molecule has 7 nitrogen and oxygen atoms in total. The number of nitrogens with zero attached hydrogens (tertiary/aromatic N) is 2. The van der Waals surface area contributed by atoms with Crippen LogP contribution < -0.4 is 10.0 Å². The van der Waals surface area contributed by atoms with Gasteiger partial charge in [-0.05, 0) is 18.8 Å². The van der Waals surface area contributed by atoms with Gasteiger partial charge in [0.05, 0.1) is 12.4 Å². The van der Waals surface area contributed by atoms with E-state index in [4.69, 9.17) is 4.74 Å². The lowest BCUT2D eigenvalue weighted by Gasteiger charge is -2.24. The molecule has 0 unspecified atom stereocenters. The molecule has 0 aliphatic carbocycles. The van der Waals surface area contributed by atoms with E-state index in [-0.39, 0.29) is 10.3 Å². The van der Waals surface area contributed by atoms with E-state index < -0.39 is 10.0 Å². The quantitative estimate of drug-likeness (QED) is 0.712. The molecule has 120 valence electrons. The first-order chi connectivity index (χ1) is 9.80. The summed E-state index contributed by atoms with van der Waals surface area (Å²) in [7, 11) is -1.97. The number of hydrogen-bond donors (Lipinski definition) is 2. The highest BCUT2D eigenvalue weighted by Gasteiger charge is 2.22. The monoisotopic (exact) mass is 316 g/mol. The number of aromatic nitrogens is 2. The average Bonchev–Trinajstić information content (AvgIpc) is 2.44. The summed E-state index contributed by atoms with van der Waals surface area (Å²) in [5.74, 6) is 0.414. The molecule has 0 saturated carbocycles. The van der Waals surface area contributed by atoms with Crippen LogP contribution in [0.15, 0.2) is 17.3 Å².